The first-order valence-electron chi connectivity index (χ1n) is 9.59. The van der Waals surface area contributed by atoms with Crippen molar-refractivity contribution in [2.45, 2.75) is 31.9 Å². The second kappa shape index (κ2) is 7.83. The third-order valence-corrected chi connectivity index (χ3v) is 5.69. The van der Waals surface area contributed by atoms with Gasteiger partial charge in [-0.25, -0.2) is 9.78 Å². The number of piperidine rings is 1. The van der Waals surface area contributed by atoms with Gasteiger partial charge in [0.25, 0.3) is 0 Å². The molecule has 1 saturated heterocycles. The smallest absolute Gasteiger partial charge is 0.342 e. The first-order valence-corrected chi connectivity index (χ1v) is 9.97. The number of nitrogens with zero attached hydrogens (tertiary/aromatic N) is 2. The van der Waals surface area contributed by atoms with Crippen molar-refractivity contribution in [3.63, 3.8) is 0 Å². The van der Waals surface area contributed by atoms with Gasteiger partial charge in [0.15, 0.2) is 0 Å². The number of likely N-dealkylation sites (tertiary alicyclic amines) is 1. The summed E-state index contributed by atoms with van der Waals surface area (Å²) in [5.74, 6) is 1.09. The van der Waals surface area contributed by atoms with Gasteiger partial charge in [0.05, 0.1) is 27.3 Å². The zero-order valence-electron chi connectivity index (χ0n) is 16.2. The molecule has 1 fully saturated rings. The molecule has 2 amide bonds. The second-order valence-corrected chi connectivity index (χ2v) is 7.93. The van der Waals surface area contributed by atoms with Crippen LogP contribution in [0.4, 0.5) is 23.7 Å². The summed E-state index contributed by atoms with van der Waals surface area (Å²) in [4.78, 5) is 22.2. The summed E-state index contributed by atoms with van der Waals surface area (Å²) >= 11 is 5.97. The fourth-order valence-corrected chi connectivity index (χ4v) is 3.85. The molecule has 5 nitrogen and oxygen atoms in total. The van der Waals surface area contributed by atoms with Crippen molar-refractivity contribution in [2.24, 2.45) is 0 Å². The van der Waals surface area contributed by atoms with Crippen molar-refractivity contribution >= 4 is 34.4 Å². The first-order chi connectivity index (χ1) is 14.2. The Morgan fingerprint density at radius 2 is 1.93 bits per heavy atom. The molecule has 4 rings (SSSR count). The Kier molecular flexibility index (Phi) is 5.36. The van der Waals surface area contributed by atoms with Gasteiger partial charge in [-0.3, -0.25) is 0 Å². The van der Waals surface area contributed by atoms with E-state index in [0.717, 1.165) is 40.6 Å². The molecule has 1 aliphatic rings. The van der Waals surface area contributed by atoms with Crippen LogP contribution < -0.4 is 5.32 Å². The molecule has 0 aliphatic carbocycles. The molecule has 1 aromatic heterocycles. The molecule has 30 heavy (non-hydrogen) atoms. The normalized spacial score (nSPS) is 15.6. The zero-order valence-corrected chi connectivity index (χ0v) is 16.9. The average Bonchev–Trinajstić information content (AvgIpc) is 3.12. The lowest BCUT2D eigenvalue weighted by Crippen LogP contribution is -2.40. The van der Waals surface area contributed by atoms with Gasteiger partial charge in [-0.1, -0.05) is 17.7 Å². The summed E-state index contributed by atoms with van der Waals surface area (Å²) in [6.07, 6.45) is -3.08. The van der Waals surface area contributed by atoms with E-state index in [2.05, 4.69) is 15.3 Å². The number of benzene rings is 2. The number of aromatic amines is 1. The number of carbonyl (C=O) groups is 1. The lowest BCUT2D eigenvalue weighted by atomic mass is 9.96. The van der Waals surface area contributed by atoms with E-state index < -0.39 is 17.8 Å². The summed E-state index contributed by atoms with van der Waals surface area (Å²) in [5, 5.41) is 2.57. The van der Waals surface area contributed by atoms with Crippen LogP contribution in [0.5, 0.6) is 0 Å². The van der Waals surface area contributed by atoms with Gasteiger partial charge >= 0.3 is 12.2 Å². The SMILES string of the molecule is Cc1ccc2nc(C3CCN(C(=O)Nc4cc(C(F)(F)F)ccc4Cl)CC3)[nH]c2c1. The number of H-pyrrole nitrogens is 1. The predicted molar refractivity (Wildman–Crippen MR) is 110 cm³/mol. The third-order valence-electron chi connectivity index (χ3n) is 5.36. The maximum atomic E-state index is 12.9. The first kappa shape index (κ1) is 20.5. The monoisotopic (exact) mass is 436 g/mol. The number of hydrogen-bond acceptors (Lipinski definition) is 2. The summed E-state index contributed by atoms with van der Waals surface area (Å²) in [7, 11) is 0. The van der Waals surface area contributed by atoms with Crippen LogP contribution in [-0.2, 0) is 6.18 Å². The van der Waals surface area contributed by atoms with Gasteiger partial charge in [-0.05, 0) is 55.7 Å². The number of aromatic nitrogens is 2. The minimum atomic E-state index is -4.51. The molecular weight excluding hydrogens is 417 g/mol. The minimum Gasteiger partial charge on any atom is -0.342 e. The van der Waals surface area contributed by atoms with E-state index in [-0.39, 0.29) is 16.6 Å². The number of amides is 2. The van der Waals surface area contributed by atoms with E-state index in [4.69, 9.17) is 11.6 Å². The molecule has 158 valence electrons. The molecule has 1 aliphatic heterocycles. The lowest BCUT2D eigenvalue weighted by Gasteiger charge is -2.31. The van der Waals surface area contributed by atoms with Crippen LogP contribution in [0.3, 0.4) is 0 Å². The number of urea groups is 1. The standard InChI is InChI=1S/C21H20ClF3N4O/c1-12-2-5-16-18(10-12)27-19(26-16)13-6-8-29(9-7-13)20(30)28-17-11-14(21(23,24)25)3-4-15(17)22/h2-5,10-11,13H,6-9H2,1H3,(H,26,27)(H,28,30). The van der Waals surface area contributed by atoms with Crippen molar-refractivity contribution in [3.05, 3.63) is 58.4 Å². The molecule has 0 saturated carbocycles. The molecule has 3 aromatic rings. The molecule has 2 N–H and O–H groups in total. The molecule has 0 unspecified atom stereocenters. The quantitative estimate of drug-likeness (QED) is 0.521. The molecule has 2 aromatic carbocycles. The van der Waals surface area contributed by atoms with Gasteiger partial charge in [0.2, 0.25) is 0 Å². The summed E-state index contributed by atoms with van der Waals surface area (Å²) in [6.45, 7) is 2.97. The van der Waals surface area contributed by atoms with E-state index in [1.54, 1.807) is 4.90 Å². The van der Waals surface area contributed by atoms with E-state index in [1.807, 2.05) is 25.1 Å². The zero-order chi connectivity index (χ0) is 21.5. The Bertz CT molecular complexity index is 1090. The molecule has 0 atom stereocenters. The number of imidazole rings is 1. The van der Waals surface area contributed by atoms with Crippen molar-refractivity contribution in [1.82, 2.24) is 14.9 Å². The van der Waals surface area contributed by atoms with Crippen molar-refractivity contribution in [2.75, 3.05) is 18.4 Å². The second-order valence-electron chi connectivity index (χ2n) is 7.53. The van der Waals surface area contributed by atoms with Crippen molar-refractivity contribution in [1.29, 1.82) is 0 Å². The highest BCUT2D eigenvalue weighted by Crippen LogP contribution is 2.34. The van der Waals surface area contributed by atoms with Crippen molar-refractivity contribution in [3.8, 4) is 0 Å². The van der Waals surface area contributed by atoms with Crippen LogP contribution in [0.25, 0.3) is 11.0 Å². The van der Waals surface area contributed by atoms with E-state index in [1.165, 1.54) is 0 Å². The van der Waals surface area contributed by atoms with Crippen LogP contribution in [0, 0.1) is 6.92 Å². The van der Waals surface area contributed by atoms with E-state index >= 15 is 0 Å². The van der Waals surface area contributed by atoms with Gasteiger partial charge < -0.3 is 15.2 Å². The van der Waals surface area contributed by atoms with E-state index in [9.17, 15) is 18.0 Å². The third kappa shape index (κ3) is 4.23. The van der Waals surface area contributed by atoms with Crippen LogP contribution in [0.15, 0.2) is 36.4 Å². The van der Waals surface area contributed by atoms with E-state index in [0.29, 0.717) is 25.9 Å². The number of fused-ring (bicyclic) bond motifs is 1. The summed E-state index contributed by atoms with van der Waals surface area (Å²) in [6, 6.07) is 8.45. The van der Waals surface area contributed by atoms with Gasteiger partial charge in [0, 0.05) is 19.0 Å². The fourth-order valence-electron chi connectivity index (χ4n) is 3.68. The Labute approximate surface area is 176 Å². The number of anilines is 1. The highest BCUT2D eigenvalue weighted by Gasteiger charge is 2.31. The predicted octanol–water partition coefficient (Wildman–Crippen LogP) is 5.96. The molecule has 0 spiro atoms. The summed E-state index contributed by atoms with van der Waals surface area (Å²) in [5.41, 5.74) is 2.14. The molecule has 2 heterocycles. The highest BCUT2D eigenvalue weighted by atomic mass is 35.5. The molecular formula is C21H20ClF3N4O. The maximum absolute atomic E-state index is 12.9. The van der Waals surface area contributed by atoms with Gasteiger partial charge in [0.1, 0.15) is 5.82 Å². The molecule has 9 heteroatoms. The van der Waals surface area contributed by atoms with Crippen LogP contribution in [0.1, 0.15) is 35.7 Å². The summed E-state index contributed by atoms with van der Waals surface area (Å²) < 4.78 is 38.8. The Balaban J connectivity index is 1.41. The lowest BCUT2D eigenvalue weighted by molar-refractivity contribution is -0.137. The van der Waals surface area contributed by atoms with Crippen LogP contribution in [0.2, 0.25) is 5.02 Å². The van der Waals surface area contributed by atoms with Gasteiger partial charge in [-0.2, -0.15) is 13.2 Å². The largest absolute Gasteiger partial charge is 0.416 e. The number of nitrogens with one attached hydrogen (secondary N) is 2. The Hall–Kier alpha value is -2.74. The average molecular weight is 437 g/mol. The number of alkyl halides is 3. The number of aryl methyl sites for hydroxylation is 1. The van der Waals surface area contributed by atoms with Gasteiger partial charge in [-0.15, -0.1) is 0 Å². The van der Waals surface area contributed by atoms with Crippen LogP contribution in [-0.4, -0.2) is 34.0 Å². The Morgan fingerprint density at radius 1 is 1.20 bits per heavy atom. The molecule has 0 radical (unpaired) electrons. The Morgan fingerprint density at radius 3 is 2.63 bits per heavy atom. The van der Waals surface area contributed by atoms with Crippen molar-refractivity contribution < 1.29 is 18.0 Å². The number of halogens is 4. The topological polar surface area (TPSA) is 61.0 Å². The van der Waals surface area contributed by atoms with Crippen LogP contribution >= 0.6 is 11.6 Å². The fraction of sp³-hybridized carbons (Fsp3) is 0.333. The number of hydrogen-bond donors (Lipinski definition) is 2. The maximum Gasteiger partial charge on any atom is 0.416 e. The molecule has 0 bridgehead atoms. The number of rotatable bonds is 2. The highest BCUT2D eigenvalue weighted by molar-refractivity contribution is 6.33. The minimum absolute atomic E-state index is 0.0498. The number of carbonyl (C=O) groups excluding carboxylic acids is 1.